The predicted octanol–water partition coefficient (Wildman–Crippen LogP) is 2.46. The molecule has 0 saturated carbocycles. The first-order valence-electron chi connectivity index (χ1n) is 6.79. The molecule has 116 valence electrons. The lowest BCUT2D eigenvalue weighted by molar-refractivity contribution is -0.141. The zero-order chi connectivity index (χ0) is 16.0. The Balaban J connectivity index is 2.57. The Hall–Kier alpha value is -1.59. The van der Waals surface area contributed by atoms with Crippen LogP contribution in [0.15, 0.2) is 24.3 Å². The van der Waals surface area contributed by atoms with E-state index in [0.717, 1.165) is 0 Å². The van der Waals surface area contributed by atoms with E-state index in [1.54, 1.807) is 38.1 Å². The van der Waals surface area contributed by atoms with Gasteiger partial charge in [0.15, 0.2) is 0 Å². The second kappa shape index (κ2) is 8.00. The van der Waals surface area contributed by atoms with Gasteiger partial charge in [0.1, 0.15) is 12.3 Å². The molecule has 0 aliphatic heterocycles. The number of carbonyl (C=O) groups is 2. The Kier molecular flexibility index (Phi) is 6.65. The molecule has 0 saturated heterocycles. The number of nitrogens with zero attached hydrogens (tertiary/aromatic N) is 1. The smallest absolute Gasteiger partial charge is 0.338 e. The zero-order valence-electron chi connectivity index (χ0n) is 12.4. The normalized spacial score (nSPS) is 13.4. The van der Waals surface area contributed by atoms with E-state index in [1.807, 2.05) is 0 Å². The van der Waals surface area contributed by atoms with E-state index in [2.05, 4.69) is 0 Å². The third kappa shape index (κ3) is 5.36. The van der Waals surface area contributed by atoms with Crippen LogP contribution in [-0.2, 0) is 9.53 Å². The average Bonchev–Trinajstić information content (AvgIpc) is 2.39. The first-order valence-corrected chi connectivity index (χ1v) is 7.17. The molecule has 0 bridgehead atoms. The molecule has 0 aliphatic rings. The summed E-state index contributed by atoms with van der Waals surface area (Å²) < 4.78 is 5.21. The molecule has 1 rings (SSSR count). The van der Waals surface area contributed by atoms with E-state index in [9.17, 15) is 14.7 Å². The second-order valence-corrected chi connectivity index (χ2v) is 5.18. The molecule has 5 nitrogen and oxygen atoms in total. The third-order valence-corrected chi connectivity index (χ3v) is 3.21. The summed E-state index contributed by atoms with van der Waals surface area (Å²) in [5.41, 5.74) is 0.376. The summed E-state index contributed by atoms with van der Waals surface area (Å²) in [6, 6.07) is 6.32. The van der Waals surface area contributed by atoms with Crippen molar-refractivity contribution in [1.29, 1.82) is 0 Å². The van der Waals surface area contributed by atoms with Crippen LogP contribution in [0.4, 0.5) is 0 Å². The van der Waals surface area contributed by atoms with Crippen LogP contribution in [0.25, 0.3) is 0 Å². The highest BCUT2D eigenvalue weighted by atomic mass is 35.5. The van der Waals surface area contributed by atoms with Gasteiger partial charge in [0.05, 0.1) is 12.0 Å². The molecule has 6 heteroatoms. The molecule has 1 aromatic rings. The van der Waals surface area contributed by atoms with Gasteiger partial charge in [-0.25, -0.2) is 4.79 Å². The molecule has 0 radical (unpaired) electrons. The van der Waals surface area contributed by atoms with E-state index in [4.69, 9.17) is 16.3 Å². The monoisotopic (exact) mass is 313 g/mol. The van der Waals surface area contributed by atoms with Crippen molar-refractivity contribution in [3.63, 3.8) is 0 Å². The van der Waals surface area contributed by atoms with Gasteiger partial charge < -0.3 is 14.7 Å². The number of halogens is 1. The van der Waals surface area contributed by atoms with E-state index in [1.165, 1.54) is 11.8 Å². The Labute approximate surface area is 129 Å². The maximum absolute atomic E-state index is 11.9. The lowest BCUT2D eigenvalue weighted by Crippen LogP contribution is -2.40. The van der Waals surface area contributed by atoms with Crippen molar-refractivity contribution >= 4 is 23.5 Å². The van der Waals surface area contributed by atoms with Crippen LogP contribution in [0, 0.1) is 0 Å². The number of benzene rings is 1. The summed E-state index contributed by atoms with van der Waals surface area (Å²) in [5, 5.41) is 10.00. The summed E-state index contributed by atoms with van der Waals surface area (Å²) >= 11 is 5.75. The molecule has 0 heterocycles. The highest BCUT2D eigenvalue weighted by Gasteiger charge is 2.21. The number of hydrogen-bond donors (Lipinski definition) is 1. The van der Waals surface area contributed by atoms with Crippen molar-refractivity contribution < 1.29 is 19.4 Å². The molecular weight excluding hydrogens is 294 g/mol. The van der Waals surface area contributed by atoms with Crippen LogP contribution in [0.2, 0.25) is 5.02 Å². The number of aliphatic hydroxyl groups is 1. The van der Waals surface area contributed by atoms with Crippen molar-refractivity contribution in [2.75, 3.05) is 6.54 Å². The third-order valence-electron chi connectivity index (χ3n) is 2.96. The molecule has 2 unspecified atom stereocenters. The fraction of sp³-hybridized carbons (Fsp3) is 0.467. The summed E-state index contributed by atoms with van der Waals surface area (Å²) in [4.78, 5) is 25.1. The number of ether oxygens (including phenoxy) is 1. The Morgan fingerprint density at radius 3 is 2.33 bits per heavy atom. The molecule has 1 amide bonds. The minimum Gasteiger partial charge on any atom is -0.459 e. The van der Waals surface area contributed by atoms with E-state index >= 15 is 0 Å². The van der Waals surface area contributed by atoms with Crippen LogP contribution < -0.4 is 0 Å². The number of esters is 1. The standard InChI is InChI=1S/C15H20ClNO4/c1-4-17(11(3)18)14(19)9-10(2)21-15(20)12-5-7-13(16)8-6-12/h5-8,10-11,18H,4,9H2,1-3H3. The molecule has 0 aliphatic carbocycles. The number of amides is 1. The largest absolute Gasteiger partial charge is 0.459 e. The number of carbonyl (C=O) groups excluding carboxylic acids is 2. The molecule has 0 spiro atoms. The van der Waals surface area contributed by atoms with E-state index in [0.29, 0.717) is 17.1 Å². The van der Waals surface area contributed by atoms with Crippen LogP contribution >= 0.6 is 11.6 Å². The van der Waals surface area contributed by atoms with Gasteiger partial charge in [0.2, 0.25) is 5.91 Å². The lowest BCUT2D eigenvalue weighted by atomic mass is 10.2. The average molecular weight is 314 g/mol. The highest BCUT2D eigenvalue weighted by molar-refractivity contribution is 6.30. The summed E-state index contributed by atoms with van der Waals surface area (Å²) in [6.07, 6.45) is -1.41. The number of hydrogen-bond acceptors (Lipinski definition) is 4. The maximum atomic E-state index is 11.9. The highest BCUT2D eigenvalue weighted by Crippen LogP contribution is 2.12. The van der Waals surface area contributed by atoms with E-state index in [-0.39, 0.29) is 12.3 Å². The molecule has 0 fully saturated rings. The van der Waals surface area contributed by atoms with Gasteiger partial charge in [0.25, 0.3) is 0 Å². The molecule has 21 heavy (non-hydrogen) atoms. The first-order chi connectivity index (χ1) is 9.85. The lowest BCUT2D eigenvalue weighted by Gasteiger charge is -2.25. The van der Waals surface area contributed by atoms with Gasteiger partial charge in [-0.3, -0.25) is 4.79 Å². The molecular formula is C15H20ClNO4. The van der Waals surface area contributed by atoms with Crippen LogP contribution in [-0.4, -0.2) is 40.8 Å². The van der Waals surface area contributed by atoms with Crippen molar-refractivity contribution in [1.82, 2.24) is 4.90 Å². The topological polar surface area (TPSA) is 66.8 Å². The molecule has 0 aromatic heterocycles. The quantitative estimate of drug-likeness (QED) is 0.647. The SMILES string of the molecule is CCN(C(=O)CC(C)OC(=O)c1ccc(Cl)cc1)C(C)O. The van der Waals surface area contributed by atoms with Crippen LogP contribution in [0.5, 0.6) is 0 Å². The summed E-state index contributed by atoms with van der Waals surface area (Å²) in [6.45, 7) is 5.33. The zero-order valence-corrected chi connectivity index (χ0v) is 13.1. The molecule has 1 N–H and O–H groups in total. The van der Waals surface area contributed by atoms with Gasteiger partial charge in [0, 0.05) is 11.6 Å². The summed E-state index contributed by atoms with van der Waals surface area (Å²) in [7, 11) is 0. The Morgan fingerprint density at radius 2 is 1.86 bits per heavy atom. The fourth-order valence-corrected chi connectivity index (χ4v) is 2.02. The fourth-order valence-electron chi connectivity index (χ4n) is 1.89. The van der Waals surface area contributed by atoms with Crippen molar-refractivity contribution in [2.24, 2.45) is 0 Å². The van der Waals surface area contributed by atoms with Crippen LogP contribution in [0.1, 0.15) is 37.6 Å². The predicted molar refractivity (Wildman–Crippen MR) is 80.0 cm³/mol. The van der Waals surface area contributed by atoms with Gasteiger partial charge in [-0.05, 0) is 45.0 Å². The number of aliphatic hydroxyl groups excluding tert-OH is 1. The second-order valence-electron chi connectivity index (χ2n) is 4.74. The van der Waals surface area contributed by atoms with Gasteiger partial charge in [-0.15, -0.1) is 0 Å². The van der Waals surface area contributed by atoms with Gasteiger partial charge >= 0.3 is 5.97 Å². The minimum absolute atomic E-state index is 0.0259. The summed E-state index contributed by atoms with van der Waals surface area (Å²) in [5.74, 6) is -0.768. The van der Waals surface area contributed by atoms with E-state index < -0.39 is 18.3 Å². The van der Waals surface area contributed by atoms with Crippen molar-refractivity contribution in [3.05, 3.63) is 34.9 Å². The van der Waals surface area contributed by atoms with Gasteiger partial charge in [-0.2, -0.15) is 0 Å². The first kappa shape index (κ1) is 17.5. The Bertz CT molecular complexity index is 487. The Morgan fingerprint density at radius 1 is 1.29 bits per heavy atom. The maximum Gasteiger partial charge on any atom is 0.338 e. The number of rotatable bonds is 6. The van der Waals surface area contributed by atoms with Crippen LogP contribution in [0.3, 0.4) is 0 Å². The van der Waals surface area contributed by atoms with Crippen molar-refractivity contribution in [3.8, 4) is 0 Å². The van der Waals surface area contributed by atoms with Gasteiger partial charge in [-0.1, -0.05) is 11.6 Å². The minimum atomic E-state index is -0.860. The molecule has 1 aromatic carbocycles. The van der Waals surface area contributed by atoms with Crippen molar-refractivity contribution in [2.45, 2.75) is 39.5 Å². The molecule has 2 atom stereocenters.